The molecule has 2 N–H and O–H groups in total. The fourth-order valence-electron chi connectivity index (χ4n) is 2.32. The van der Waals surface area contributed by atoms with E-state index < -0.39 is 18.4 Å². The summed E-state index contributed by atoms with van der Waals surface area (Å²) < 4.78 is 2.63. The van der Waals surface area contributed by atoms with Crippen LogP contribution in [0.1, 0.15) is 16.1 Å². The Bertz CT molecular complexity index is 966. The van der Waals surface area contributed by atoms with Crippen molar-refractivity contribution in [3.8, 4) is 0 Å². The van der Waals surface area contributed by atoms with E-state index in [0.29, 0.717) is 11.6 Å². The zero-order chi connectivity index (χ0) is 18.7. The van der Waals surface area contributed by atoms with Crippen LogP contribution in [0.2, 0.25) is 10.0 Å². The molecule has 10 heteroatoms. The second kappa shape index (κ2) is 7.59. The average molecular weight is 394 g/mol. The Morgan fingerprint density at radius 2 is 1.92 bits per heavy atom. The highest BCUT2D eigenvalue weighted by molar-refractivity contribution is 6.33. The van der Waals surface area contributed by atoms with Gasteiger partial charge in [0.1, 0.15) is 17.3 Å². The normalized spacial score (nSPS) is 10.7. The molecular formula is C16H13Cl2N5O3. The summed E-state index contributed by atoms with van der Waals surface area (Å²) in [7, 11) is 0. The number of carbonyl (C=O) groups is 2. The van der Waals surface area contributed by atoms with Crippen molar-refractivity contribution < 1.29 is 14.7 Å². The van der Waals surface area contributed by atoms with E-state index in [1.54, 1.807) is 16.9 Å². The number of nitrogens with one attached hydrogen (secondary N) is 1. The van der Waals surface area contributed by atoms with E-state index in [4.69, 9.17) is 28.3 Å². The first-order valence-corrected chi connectivity index (χ1v) is 8.21. The number of rotatable bonds is 6. The number of anilines is 1. The lowest BCUT2D eigenvalue weighted by Gasteiger charge is -2.05. The van der Waals surface area contributed by atoms with E-state index in [0.717, 1.165) is 10.2 Å². The highest BCUT2D eigenvalue weighted by atomic mass is 35.5. The first-order chi connectivity index (χ1) is 12.4. The maximum atomic E-state index is 12.4. The lowest BCUT2D eigenvalue weighted by molar-refractivity contribution is -0.137. The molecule has 0 bridgehead atoms. The number of aromatic nitrogens is 4. The third kappa shape index (κ3) is 4.04. The molecule has 2 heterocycles. The summed E-state index contributed by atoms with van der Waals surface area (Å²) in [6, 6.07) is 8.73. The fraction of sp³-hybridized carbons (Fsp3) is 0.125. The molecule has 3 rings (SSSR count). The first kappa shape index (κ1) is 18.0. The summed E-state index contributed by atoms with van der Waals surface area (Å²) in [5.74, 6) is -1.51. The topological polar surface area (TPSA) is 102 Å². The molecule has 0 radical (unpaired) electrons. The Kier molecular flexibility index (Phi) is 5.24. The van der Waals surface area contributed by atoms with Crippen LogP contribution in [0.4, 0.5) is 5.82 Å². The maximum Gasteiger partial charge on any atom is 0.325 e. The zero-order valence-electron chi connectivity index (χ0n) is 13.3. The fourth-order valence-corrected chi connectivity index (χ4v) is 2.71. The lowest BCUT2D eigenvalue weighted by Crippen LogP contribution is -2.21. The van der Waals surface area contributed by atoms with Gasteiger partial charge in [-0.1, -0.05) is 41.4 Å². The summed E-state index contributed by atoms with van der Waals surface area (Å²) in [4.78, 5) is 23.2. The van der Waals surface area contributed by atoms with Crippen molar-refractivity contribution in [1.29, 1.82) is 0 Å². The quantitative estimate of drug-likeness (QED) is 0.670. The number of halogens is 2. The van der Waals surface area contributed by atoms with Gasteiger partial charge in [0.15, 0.2) is 5.82 Å². The molecule has 8 nitrogen and oxygen atoms in total. The average Bonchev–Trinajstić information content (AvgIpc) is 3.16. The number of aliphatic carboxylic acids is 1. The molecule has 1 aromatic carbocycles. The molecule has 0 saturated carbocycles. The van der Waals surface area contributed by atoms with Crippen LogP contribution < -0.4 is 5.32 Å². The molecule has 0 fully saturated rings. The number of hydrogen-bond donors (Lipinski definition) is 2. The Labute approximate surface area is 157 Å². The molecule has 0 spiro atoms. The van der Waals surface area contributed by atoms with Gasteiger partial charge in [0.25, 0.3) is 5.91 Å². The summed E-state index contributed by atoms with van der Waals surface area (Å²) in [5.41, 5.74) is 0.940. The van der Waals surface area contributed by atoms with Crippen molar-refractivity contribution in [1.82, 2.24) is 19.6 Å². The van der Waals surface area contributed by atoms with E-state index in [9.17, 15) is 9.59 Å². The molecule has 134 valence electrons. The molecule has 1 amide bonds. The van der Waals surface area contributed by atoms with Crippen molar-refractivity contribution >= 4 is 40.9 Å². The van der Waals surface area contributed by atoms with Gasteiger partial charge < -0.3 is 10.4 Å². The predicted molar refractivity (Wildman–Crippen MR) is 95.6 cm³/mol. The van der Waals surface area contributed by atoms with Crippen LogP contribution in [0.3, 0.4) is 0 Å². The number of carboxylic acid groups (broad SMARTS) is 1. The Morgan fingerprint density at radius 1 is 1.15 bits per heavy atom. The van der Waals surface area contributed by atoms with Gasteiger partial charge in [-0.2, -0.15) is 10.2 Å². The molecule has 2 aromatic heterocycles. The van der Waals surface area contributed by atoms with Crippen LogP contribution in [-0.4, -0.2) is 36.5 Å². The molecule has 0 saturated heterocycles. The monoisotopic (exact) mass is 393 g/mol. The van der Waals surface area contributed by atoms with E-state index in [2.05, 4.69) is 15.5 Å². The number of carbonyl (C=O) groups excluding carboxylic acids is 1. The highest BCUT2D eigenvalue weighted by Gasteiger charge is 2.17. The number of nitrogens with zero attached hydrogens (tertiary/aromatic N) is 4. The first-order valence-electron chi connectivity index (χ1n) is 7.45. The summed E-state index contributed by atoms with van der Waals surface area (Å²) >= 11 is 12.3. The second-order valence-electron chi connectivity index (χ2n) is 5.34. The van der Waals surface area contributed by atoms with Gasteiger partial charge in [0.05, 0.1) is 6.54 Å². The number of amides is 1. The van der Waals surface area contributed by atoms with Crippen LogP contribution in [0.25, 0.3) is 0 Å². The minimum Gasteiger partial charge on any atom is -0.480 e. The maximum absolute atomic E-state index is 12.4. The largest absolute Gasteiger partial charge is 0.480 e. The van der Waals surface area contributed by atoms with E-state index in [-0.39, 0.29) is 16.5 Å². The summed E-state index contributed by atoms with van der Waals surface area (Å²) in [5, 5.41) is 20.3. The van der Waals surface area contributed by atoms with Crippen molar-refractivity contribution in [3.63, 3.8) is 0 Å². The molecule has 0 atom stereocenters. The SMILES string of the molecule is O=C(O)Cn1nccc1C(=O)Nc1nn(Cc2ccccc2Cl)cc1Cl. The van der Waals surface area contributed by atoms with Gasteiger partial charge in [0, 0.05) is 17.4 Å². The van der Waals surface area contributed by atoms with Crippen LogP contribution in [0.15, 0.2) is 42.7 Å². The van der Waals surface area contributed by atoms with Gasteiger partial charge in [-0.15, -0.1) is 0 Å². The minimum atomic E-state index is -1.11. The third-order valence-electron chi connectivity index (χ3n) is 3.47. The number of carboxylic acids is 1. The minimum absolute atomic E-state index is 0.0871. The van der Waals surface area contributed by atoms with Gasteiger partial charge >= 0.3 is 5.97 Å². The van der Waals surface area contributed by atoms with Crippen LogP contribution >= 0.6 is 23.2 Å². The Hall–Kier alpha value is -2.84. The van der Waals surface area contributed by atoms with Gasteiger partial charge in [-0.3, -0.25) is 14.3 Å². The van der Waals surface area contributed by atoms with Gasteiger partial charge in [-0.25, -0.2) is 4.68 Å². The molecule has 3 aromatic rings. The van der Waals surface area contributed by atoms with Gasteiger partial charge in [0.2, 0.25) is 0 Å². The van der Waals surface area contributed by atoms with E-state index >= 15 is 0 Å². The number of hydrogen-bond acceptors (Lipinski definition) is 4. The van der Waals surface area contributed by atoms with Crippen molar-refractivity contribution in [2.45, 2.75) is 13.1 Å². The van der Waals surface area contributed by atoms with Crippen LogP contribution in [-0.2, 0) is 17.9 Å². The molecule has 26 heavy (non-hydrogen) atoms. The smallest absolute Gasteiger partial charge is 0.325 e. The Balaban J connectivity index is 1.76. The molecule has 0 aliphatic carbocycles. The molecule has 0 aliphatic rings. The standard InChI is InChI=1S/C16H13Cl2N5O3/c17-11-4-2-1-3-10(11)7-22-8-12(18)15(21-22)20-16(26)13-5-6-19-23(13)9-14(24)25/h1-6,8H,7,9H2,(H,24,25)(H,20,21,26). The molecule has 0 unspecified atom stereocenters. The van der Waals surface area contributed by atoms with Crippen molar-refractivity contribution in [2.75, 3.05) is 5.32 Å². The van der Waals surface area contributed by atoms with Crippen molar-refractivity contribution in [3.05, 3.63) is 64.0 Å². The second-order valence-corrected chi connectivity index (χ2v) is 6.15. The zero-order valence-corrected chi connectivity index (χ0v) is 14.8. The van der Waals surface area contributed by atoms with E-state index in [1.165, 1.54) is 12.3 Å². The summed E-state index contributed by atoms with van der Waals surface area (Å²) in [6.45, 7) is -0.0450. The summed E-state index contributed by atoms with van der Waals surface area (Å²) in [6.07, 6.45) is 2.91. The van der Waals surface area contributed by atoms with Crippen LogP contribution in [0.5, 0.6) is 0 Å². The molecular weight excluding hydrogens is 381 g/mol. The third-order valence-corrected chi connectivity index (χ3v) is 4.12. The Morgan fingerprint density at radius 3 is 2.65 bits per heavy atom. The molecule has 0 aliphatic heterocycles. The lowest BCUT2D eigenvalue weighted by atomic mass is 10.2. The highest BCUT2D eigenvalue weighted by Crippen LogP contribution is 2.22. The predicted octanol–water partition coefficient (Wildman–Crippen LogP) is 2.77. The van der Waals surface area contributed by atoms with Crippen molar-refractivity contribution in [2.24, 2.45) is 0 Å². The van der Waals surface area contributed by atoms with E-state index in [1.807, 2.05) is 18.2 Å². The van der Waals surface area contributed by atoms with Gasteiger partial charge in [-0.05, 0) is 17.7 Å². The number of benzene rings is 1. The van der Waals surface area contributed by atoms with Crippen LogP contribution in [0, 0.1) is 0 Å².